The molecule has 0 spiro atoms. The van der Waals surface area contributed by atoms with Crippen LogP contribution in [0.4, 0.5) is 11.4 Å². The third-order valence-corrected chi connectivity index (χ3v) is 3.81. The number of rotatable bonds is 3. The van der Waals surface area contributed by atoms with Crippen molar-refractivity contribution >= 4 is 27.3 Å². The molecule has 0 amide bonds. The van der Waals surface area contributed by atoms with Crippen LogP contribution in [0.25, 0.3) is 0 Å². The summed E-state index contributed by atoms with van der Waals surface area (Å²) in [5.74, 6) is 0. The van der Waals surface area contributed by atoms with E-state index in [1.54, 1.807) is 12.1 Å². The molecule has 5 nitrogen and oxygen atoms in total. The Morgan fingerprint density at radius 3 is 2.78 bits per heavy atom. The highest BCUT2D eigenvalue weighted by atomic mass is 79.9. The van der Waals surface area contributed by atoms with E-state index >= 15 is 0 Å². The summed E-state index contributed by atoms with van der Waals surface area (Å²) in [6.45, 7) is 0. The van der Waals surface area contributed by atoms with Crippen LogP contribution in [0.15, 0.2) is 22.7 Å². The maximum atomic E-state index is 11.0. The average Bonchev–Trinajstić information content (AvgIpc) is 2.32. The summed E-state index contributed by atoms with van der Waals surface area (Å²) < 4.78 is 0.819. The van der Waals surface area contributed by atoms with Gasteiger partial charge in [0.25, 0.3) is 5.69 Å². The first-order chi connectivity index (χ1) is 8.58. The minimum atomic E-state index is -0.372. The number of hydrogen-bond acceptors (Lipinski definition) is 4. The van der Waals surface area contributed by atoms with Crippen molar-refractivity contribution in [3.05, 3.63) is 32.8 Å². The van der Waals surface area contributed by atoms with Gasteiger partial charge in [-0.1, -0.05) is 28.8 Å². The van der Waals surface area contributed by atoms with Gasteiger partial charge >= 0.3 is 0 Å². The van der Waals surface area contributed by atoms with Gasteiger partial charge in [-0.05, 0) is 25.0 Å². The summed E-state index contributed by atoms with van der Waals surface area (Å²) in [5, 5.41) is 14.2. The molecule has 3 N–H and O–H groups in total. The zero-order valence-corrected chi connectivity index (χ0v) is 11.5. The summed E-state index contributed by atoms with van der Waals surface area (Å²) in [6, 6.07) is 5.09. The highest BCUT2D eigenvalue weighted by Gasteiger charge is 2.24. The number of nitrogens with one attached hydrogen (secondary N) is 1. The van der Waals surface area contributed by atoms with Crippen LogP contribution in [-0.2, 0) is 0 Å². The van der Waals surface area contributed by atoms with Crippen molar-refractivity contribution in [2.45, 2.75) is 37.8 Å². The number of nitro groups is 1. The molecule has 0 aliphatic heterocycles. The Hall–Kier alpha value is -1.14. The van der Waals surface area contributed by atoms with E-state index < -0.39 is 0 Å². The lowest BCUT2D eigenvalue weighted by molar-refractivity contribution is -0.384. The number of nitrogens with two attached hydrogens (primary N) is 1. The van der Waals surface area contributed by atoms with Gasteiger partial charge in [-0.15, -0.1) is 0 Å². The van der Waals surface area contributed by atoms with Crippen LogP contribution in [0, 0.1) is 10.1 Å². The molecule has 2 rings (SSSR count). The largest absolute Gasteiger partial charge is 0.375 e. The molecule has 1 aliphatic rings. The maximum Gasteiger partial charge on any atom is 0.292 e. The number of hydrogen-bond donors (Lipinski definition) is 2. The Bertz CT molecular complexity index is 453. The summed E-state index contributed by atoms with van der Waals surface area (Å²) in [5.41, 5.74) is 6.68. The summed E-state index contributed by atoms with van der Waals surface area (Å²) in [7, 11) is 0. The number of nitrogens with zero attached hydrogens (tertiary/aromatic N) is 1. The summed E-state index contributed by atoms with van der Waals surface area (Å²) in [6.07, 6.45) is 4.19. The van der Waals surface area contributed by atoms with E-state index in [0.29, 0.717) is 5.69 Å². The molecule has 0 heterocycles. The van der Waals surface area contributed by atoms with Crippen molar-refractivity contribution in [1.82, 2.24) is 0 Å². The van der Waals surface area contributed by atoms with Crippen LogP contribution in [0.2, 0.25) is 0 Å². The third kappa shape index (κ3) is 3.00. The van der Waals surface area contributed by atoms with Gasteiger partial charge in [0.2, 0.25) is 0 Å². The summed E-state index contributed by atoms with van der Waals surface area (Å²) >= 11 is 3.33. The van der Waals surface area contributed by atoms with Crippen LogP contribution in [0.3, 0.4) is 0 Å². The van der Waals surface area contributed by atoms with Crippen molar-refractivity contribution in [3.8, 4) is 0 Å². The van der Waals surface area contributed by atoms with Crippen LogP contribution in [0.1, 0.15) is 25.7 Å². The molecule has 0 radical (unpaired) electrons. The van der Waals surface area contributed by atoms with Crippen LogP contribution < -0.4 is 11.1 Å². The molecule has 0 saturated heterocycles. The molecule has 1 aromatic carbocycles. The number of halogens is 1. The van der Waals surface area contributed by atoms with Gasteiger partial charge in [0.15, 0.2) is 0 Å². The first-order valence-electron chi connectivity index (χ1n) is 6.04. The smallest absolute Gasteiger partial charge is 0.292 e. The standard InChI is InChI=1S/C12H16BrN3O2/c13-8-5-6-12(16(17)18)11(7-8)15-10-4-2-1-3-9(10)14/h5-7,9-10,15H,1-4,14H2. The Labute approximate surface area is 114 Å². The van der Waals surface area contributed by atoms with Crippen molar-refractivity contribution in [1.29, 1.82) is 0 Å². The Kier molecular flexibility index (Phi) is 4.19. The van der Waals surface area contributed by atoms with Crippen LogP contribution in [-0.4, -0.2) is 17.0 Å². The maximum absolute atomic E-state index is 11.0. The van der Waals surface area contributed by atoms with Crippen molar-refractivity contribution in [2.75, 3.05) is 5.32 Å². The van der Waals surface area contributed by atoms with Crippen molar-refractivity contribution in [2.24, 2.45) is 5.73 Å². The van der Waals surface area contributed by atoms with E-state index in [1.165, 1.54) is 6.07 Å². The fourth-order valence-electron chi connectivity index (χ4n) is 2.32. The highest BCUT2D eigenvalue weighted by molar-refractivity contribution is 9.10. The average molecular weight is 314 g/mol. The Morgan fingerprint density at radius 2 is 2.11 bits per heavy atom. The quantitative estimate of drug-likeness (QED) is 0.664. The second-order valence-electron chi connectivity index (χ2n) is 4.62. The number of anilines is 1. The minimum absolute atomic E-state index is 0.0670. The molecular weight excluding hydrogens is 298 g/mol. The monoisotopic (exact) mass is 313 g/mol. The second-order valence-corrected chi connectivity index (χ2v) is 5.53. The molecule has 98 valence electrons. The molecule has 2 unspecified atom stereocenters. The van der Waals surface area contributed by atoms with Crippen molar-refractivity contribution < 1.29 is 4.92 Å². The molecule has 0 bridgehead atoms. The number of nitro benzene ring substituents is 1. The van der Waals surface area contributed by atoms with Crippen molar-refractivity contribution in [3.63, 3.8) is 0 Å². The Balaban J connectivity index is 2.21. The predicted molar refractivity (Wildman–Crippen MR) is 74.7 cm³/mol. The van der Waals surface area contributed by atoms with Gasteiger partial charge in [-0.3, -0.25) is 10.1 Å². The minimum Gasteiger partial charge on any atom is -0.375 e. The molecule has 1 saturated carbocycles. The molecule has 18 heavy (non-hydrogen) atoms. The molecule has 2 atom stereocenters. The van der Waals surface area contributed by atoms with E-state index in [1.807, 2.05) is 0 Å². The first kappa shape index (κ1) is 13.3. The van der Waals surface area contributed by atoms with E-state index in [4.69, 9.17) is 5.73 Å². The summed E-state index contributed by atoms with van der Waals surface area (Å²) in [4.78, 5) is 10.6. The topological polar surface area (TPSA) is 81.2 Å². The third-order valence-electron chi connectivity index (χ3n) is 3.32. The molecular formula is C12H16BrN3O2. The zero-order valence-electron chi connectivity index (χ0n) is 9.93. The van der Waals surface area contributed by atoms with Gasteiger partial charge in [-0.25, -0.2) is 0 Å². The SMILES string of the molecule is NC1CCCCC1Nc1cc(Br)ccc1[N+](=O)[O-]. The second kappa shape index (κ2) is 5.67. The normalized spacial score (nSPS) is 23.7. The van der Waals surface area contributed by atoms with E-state index in [-0.39, 0.29) is 22.7 Å². The van der Waals surface area contributed by atoms with Gasteiger partial charge in [0.1, 0.15) is 5.69 Å². The van der Waals surface area contributed by atoms with E-state index in [9.17, 15) is 10.1 Å². The molecule has 1 fully saturated rings. The number of benzene rings is 1. The molecule has 6 heteroatoms. The lowest BCUT2D eigenvalue weighted by atomic mass is 9.91. The molecule has 1 aromatic rings. The van der Waals surface area contributed by atoms with E-state index in [0.717, 1.165) is 30.2 Å². The highest BCUT2D eigenvalue weighted by Crippen LogP contribution is 2.30. The molecule has 1 aliphatic carbocycles. The fraction of sp³-hybridized carbons (Fsp3) is 0.500. The van der Waals surface area contributed by atoms with E-state index in [2.05, 4.69) is 21.2 Å². The first-order valence-corrected chi connectivity index (χ1v) is 6.83. The Morgan fingerprint density at radius 1 is 1.39 bits per heavy atom. The van der Waals surface area contributed by atoms with Gasteiger partial charge in [-0.2, -0.15) is 0 Å². The van der Waals surface area contributed by atoms with Crippen LogP contribution >= 0.6 is 15.9 Å². The van der Waals surface area contributed by atoms with Gasteiger partial charge < -0.3 is 11.1 Å². The van der Waals surface area contributed by atoms with Gasteiger partial charge in [0.05, 0.1) is 4.92 Å². The zero-order chi connectivity index (χ0) is 13.1. The van der Waals surface area contributed by atoms with Gasteiger partial charge in [0, 0.05) is 22.6 Å². The fourth-order valence-corrected chi connectivity index (χ4v) is 2.68. The lowest BCUT2D eigenvalue weighted by Gasteiger charge is -2.30. The predicted octanol–water partition coefficient (Wildman–Crippen LogP) is 3.04. The molecule has 0 aromatic heterocycles. The lowest BCUT2D eigenvalue weighted by Crippen LogP contribution is -2.42. The van der Waals surface area contributed by atoms with Crippen LogP contribution in [0.5, 0.6) is 0 Å².